The van der Waals surface area contributed by atoms with Crippen molar-refractivity contribution in [3.63, 3.8) is 0 Å². The van der Waals surface area contributed by atoms with E-state index in [2.05, 4.69) is 10.5 Å². The Bertz CT molecular complexity index is 1090. The number of rotatable bonds is 6. The van der Waals surface area contributed by atoms with Gasteiger partial charge in [0.2, 0.25) is 0 Å². The zero-order valence-electron chi connectivity index (χ0n) is 16.2. The van der Waals surface area contributed by atoms with E-state index in [9.17, 15) is 10.1 Å². The van der Waals surface area contributed by atoms with Crippen LogP contribution in [0, 0.1) is 30.9 Å². The Morgan fingerprint density at radius 2 is 1.83 bits per heavy atom. The lowest BCUT2D eigenvalue weighted by atomic mass is 10.1. The number of halogens is 2. The number of benzene rings is 2. The first-order valence-electron chi connectivity index (χ1n) is 8.92. The van der Waals surface area contributed by atoms with Crippen LogP contribution in [0.4, 0.5) is 5.69 Å². The highest BCUT2D eigenvalue weighted by Gasteiger charge is 2.15. The summed E-state index contributed by atoms with van der Waals surface area (Å²) in [6, 6.07) is 12.2. The number of hydrogen-bond donors (Lipinski definition) is 1. The van der Waals surface area contributed by atoms with E-state index < -0.39 is 0 Å². The van der Waals surface area contributed by atoms with Gasteiger partial charge in [0, 0.05) is 44.7 Å². The lowest BCUT2D eigenvalue weighted by Crippen LogP contribution is -2.07. The molecule has 6 nitrogen and oxygen atoms in total. The summed E-state index contributed by atoms with van der Waals surface area (Å²) in [5, 5.41) is 16.6. The van der Waals surface area contributed by atoms with Gasteiger partial charge in [-0.1, -0.05) is 35.3 Å². The molecule has 0 amide bonds. The van der Waals surface area contributed by atoms with Crippen LogP contribution in [0.25, 0.3) is 5.69 Å². The third-order valence-electron chi connectivity index (χ3n) is 4.73. The van der Waals surface area contributed by atoms with Crippen LogP contribution in [-0.4, -0.2) is 15.7 Å². The Hall–Kier alpha value is -2.83. The molecule has 0 fully saturated rings. The van der Waals surface area contributed by atoms with E-state index in [1.54, 1.807) is 36.5 Å². The van der Waals surface area contributed by atoms with E-state index in [1.807, 2.05) is 31.4 Å². The molecule has 1 aromatic heterocycles. The van der Waals surface area contributed by atoms with Crippen LogP contribution in [0.3, 0.4) is 0 Å². The topological polar surface area (TPSA) is 72.5 Å². The molecule has 1 N–H and O–H groups in total. The summed E-state index contributed by atoms with van der Waals surface area (Å²) in [5.41, 5.74) is 8.35. The van der Waals surface area contributed by atoms with Crippen molar-refractivity contribution in [2.24, 2.45) is 5.10 Å². The zero-order chi connectivity index (χ0) is 21.1. The van der Waals surface area contributed by atoms with Gasteiger partial charge in [-0.25, -0.2) is 0 Å². The molecule has 0 spiro atoms. The molecule has 0 unspecified atom stereocenters. The predicted molar refractivity (Wildman–Crippen MR) is 118 cm³/mol. The second-order valence-corrected chi connectivity index (χ2v) is 7.50. The van der Waals surface area contributed by atoms with E-state index in [4.69, 9.17) is 23.2 Å². The molecule has 0 aliphatic rings. The number of aromatic nitrogens is 1. The second kappa shape index (κ2) is 8.68. The maximum Gasteiger partial charge on any atom is 0.271 e. The van der Waals surface area contributed by atoms with E-state index in [0.717, 1.165) is 33.8 Å². The van der Waals surface area contributed by atoms with Gasteiger partial charge in [0.25, 0.3) is 5.69 Å². The first-order valence-corrected chi connectivity index (χ1v) is 9.68. The van der Waals surface area contributed by atoms with Crippen LogP contribution in [0.5, 0.6) is 0 Å². The highest BCUT2D eigenvalue weighted by molar-refractivity contribution is 6.35. The Morgan fingerprint density at radius 3 is 2.48 bits per heavy atom. The van der Waals surface area contributed by atoms with Gasteiger partial charge >= 0.3 is 0 Å². The molecule has 0 radical (unpaired) electrons. The molecule has 150 valence electrons. The van der Waals surface area contributed by atoms with Crippen molar-refractivity contribution < 1.29 is 4.92 Å². The molecular formula is C21H20Cl2N4O2. The first-order chi connectivity index (χ1) is 13.8. The number of nitrogens with one attached hydrogen (secondary N) is 1. The summed E-state index contributed by atoms with van der Waals surface area (Å²) in [7, 11) is 0. The minimum atomic E-state index is -0.386. The molecule has 0 bridgehead atoms. The van der Waals surface area contributed by atoms with E-state index in [0.29, 0.717) is 16.6 Å². The second-order valence-electron chi connectivity index (χ2n) is 6.68. The third-order valence-corrected chi connectivity index (χ3v) is 5.44. The Kier molecular flexibility index (Phi) is 6.25. The SMILES string of the molecule is Cc1ccc([N+](=O)[O-])cc1-n1c(C)cc(/C=N\NCc2c(Cl)cccc2Cl)c1C. The molecule has 3 rings (SSSR count). The Labute approximate surface area is 178 Å². The minimum Gasteiger partial charge on any atom is -0.317 e. The molecule has 0 saturated heterocycles. The normalized spacial score (nSPS) is 11.2. The van der Waals surface area contributed by atoms with Gasteiger partial charge in [-0.05, 0) is 44.5 Å². The quantitative estimate of drug-likeness (QED) is 0.307. The number of nitro groups is 1. The maximum absolute atomic E-state index is 11.2. The van der Waals surface area contributed by atoms with Crippen LogP contribution >= 0.6 is 23.2 Å². The number of nitrogens with zero attached hydrogens (tertiary/aromatic N) is 3. The average molecular weight is 431 g/mol. The third kappa shape index (κ3) is 4.44. The van der Waals surface area contributed by atoms with E-state index >= 15 is 0 Å². The standard InChI is InChI=1S/C21H20Cl2N4O2/c1-13-7-8-17(27(28)29)10-21(13)26-14(2)9-16(15(26)3)11-24-25-12-18-19(22)5-4-6-20(18)23/h4-11,25H,12H2,1-3H3/b24-11-. The van der Waals surface area contributed by atoms with Gasteiger partial charge in [0.05, 0.1) is 23.4 Å². The van der Waals surface area contributed by atoms with Crippen molar-refractivity contribution in [1.82, 2.24) is 9.99 Å². The number of nitro benzene ring substituents is 1. The molecule has 0 atom stereocenters. The van der Waals surface area contributed by atoms with E-state index in [1.165, 1.54) is 6.07 Å². The molecular weight excluding hydrogens is 411 g/mol. The van der Waals surface area contributed by atoms with Gasteiger partial charge in [0.1, 0.15) is 0 Å². The van der Waals surface area contributed by atoms with Gasteiger partial charge in [-0.2, -0.15) is 5.10 Å². The fourth-order valence-corrected chi connectivity index (χ4v) is 3.71. The van der Waals surface area contributed by atoms with Crippen molar-refractivity contribution in [3.05, 3.63) is 90.7 Å². The van der Waals surface area contributed by atoms with Crippen LogP contribution in [0.15, 0.2) is 47.6 Å². The minimum absolute atomic E-state index is 0.0617. The average Bonchev–Trinajstić information content (AvgIpc) is 2.94. The maximum atomic E-state index is 11.2. The monoisotopic (exact) mass is 430 g/mol. The van der Waals surface area contributed by atoms with Gasteiger partial charge in [-0.3, -0.25) is 10.1 Å². The molecule has 0 aliphatic heterocycles. The molecule has 3 aromatic rings. The molecule has 1 heterocycles. The van der Waals surface area contributed by atoms with Crippen LogP contribution in [0.2, 0.25) is 10.0 Å². The summed E-state index contributed by atoms with van der Waals surface area (Å²) in [6.45, 7) is 6.25. The fourth-order valence-electron chi connectivity index (χ4n) is 3.18. The van der Waals surface area contributed by atoms with Crippen molar-refractivity contribution in [2.45, 2.75) is 27.3 Å². The molecule has 2 aromatic carbocycles. The molecule has 8 heteroatoms. The van der Waals surface area contributed by atoms with Crippen molar-refractivity contribution in [2.75, 3.05) is 0 Å². The van der Waals surface area contributed by atoms with Gasteiger partial charge < -0.3 is 9.99 Å². The smallest absolute Gasteiger partial charge is 0.271 e. The van der Waals surface area contributed by atoms with Crippen LogP contribution < -0.4 is 5.43 Å². The summed E-state index contributed by atoms with van der Waals surface area (Å²) >= 11 is 12.3. The van der Waals surface area contributed by atoms with E-state index in [-0.39, 0.29) is 10.6 Å². The lowest BCUT2D eigenvalue weighted by Gasteiger charge is -2.12. The number of non-ortho nitro benzene ring substituents is 1. The first kappa shape index (κ1) is 20.9. The number of aryl methyl sites for hydroxylation is 2. The lowest BCUT2D eigenvalue weighted by molar-refractivity contribution is -0.384. The molecule has 0 saturated carbocycles. The largest absolute Gasteiger partial charge is 0.317 e. The Balaban J connectivity index is 1.84. The summed E-state index contributed by atoms with van der Waals surface area (Å²) in [4.78, 5) is 10.8. The zero-order valence-corrected chi connectivity index (χ0v) is 17.8. The van der Waals surface area contributed by atoms with Crippen LogP contribution in [-0.2, 0) is 6.54 Å². The number of hydrazone groups is 1. The van der Waals surface area contributed by atoms with Crippen molar-refractivity contribution in [1.29, 1.82) is 0 Å². The van der Waals surface area contributed by atoms with Crippen molar-refractivity contribution >= 4 is 35.1 Å². The number of hydrogen-bond acceptors (Lipinski definition) is 4. The molecule has 29 heavy (non-hydrogen) atoms. The van der Waals surface area contributed by atoms with Crippen LogP contribution in [0.1, 0.15) is 28.1 Å². The van der Waals surface area contributed by atoms with Gasteiger partial charge in [0.15, 0.2) is 0 Å². The predicted octanol–water partition coefficient (Wildman–Crippen LogP) is 5.74. The highest BCUT2D eigenvalue weighted by atomic mass is 35.5. The summed E-state index contributed by atoms with van der Waals surface area (Å²) in [5.74, 6) is 0. The summed E-state index contributed by atoms with van der Waals surface area (Å²) in [6.07, 6.45) is 1.72. The molecule has 0 aliphatic carbocycles. The van der Waals surface area contributed by atoms with Gasteiger partial charge in [-0.15, -0.1) is 0 Å². The highest BCUT2D eigenvalue weighted by Crippen LogP contribution is 2.26. The van der Waals surface area contributed by atoms with Crippen molar-refractivity contribution in [3.8, 4) is 5.69 Å². The fraction of sp³-hybridized carbons (Fsp3) is 0.190. The summed E-state index contributed by atoms with van der Waals surface area (Å²) < 4.78 is 1.99. The Morgan fingerprint density at radius 1 is 1.14 bits per heavy atom.